The summed E-state index contributed by atoms with van der Waals surface area (Å²) < 4.78 is 5.10. The Kier molecular flexibility index (Phi) is 2.86. The largest absolute Gasteiger partial charge is 0.549 e. The van der Waals surface area contributed by atoms with Crippen molar-refractivity contribution in [1.29, 1.82) is 0 Å². The molecule has 1 aromatic carbocycles. The summed E-state index contributed by atoms with van der Waals surface area (Å²) in [6.07, 6.45) is 1.44. The molecular formula is C11H11O3S-. The third kappa shape index (κ3) is 2.09. The summed E-state index contributed by atoms with van der Waals surface area (Å²) in [6.45, 7) is 0. The average molecular weight is 223 g/mol. The molecule has 0 N–H and O–H groups in total. The van der Waals surface area contributed by atoms with Crippen molar-refractivity contribution < 1.29 is 14.6 Å². The van der Waals surface area contributed by atoms with Crippen LogP contribution >= 0.6 is 11.8 Å². The minimum absolute atomic E-state index is 0.426. The van der Waals surface area contributed by atoms with Crippen LogP contribution in [-0.2, 0) is 11.2 Å². The van der Waals surface area contributed by atoms with E-state index in [9.17, 15) is 9.90 Å². The lowest BCUT2D eigenvalue weighted by Crippen LogP contribution is -2.35. The van der Waals surface area contributed by atoms with Gasteiger partial charge in [-0.25, -0.2) is 0 Å². The molecule has 1 aliphatic rings. The molecule has 80 valence electrons. The van der Waals surface area contributed by atoms with Gasteiger partial charge < -0.3 is 14.6 Å². The highest BCUT2D eigenvalue weighted by molar-refractivity contribution is 8.00. The van der Waals surface area contributed by atoms with E-state index < -0.39 is 11.2 Å². The standard InChI is InChI=1S/C11H12O3S/c1-14-8-4-2-7-3-5-9(11(12)13)15-10(7)6-8/h2,4,6,9H,3,5H2,1H3,(H,12,13)/p-1/t9-/m0/s1. The number of benzene rings is 1. The molecule has 15 heavy (non-hydrogen) atoms. The maximum atomic E-state index is 10.8. The maximum Gasteiger partial charge on any atom is 0.119 e. The van der Waals surface area contributed by atoms with Gasteiger partial charge in [0.05, 0.1) is 13.1 Å². The summed E-state index contributed by atoms with van der Waals surface area (Å²) >= 11 is 1.35. The summed E-state index contributed by atoms with van der Waals surface area (Å²) in [5, 5.41) is 10.3. The molecule has 3 nitrogen and oxygen atoms in total. The predicted molar refractivity (Wildman–Crippen MR) is 56.0 cm³/mol. The van der Waals surface area contributed by atoms with Crippen molar-refractivity contribution in [2.75, 3.05) is 7.11 Å². The molecule has 1 aliphatic heterocycles. The van der Waals surface area contributed by atoms with Gasteiger partial charge in [-0.3, -0.25) is 0 Å². The number of methoxy groups -OCH3 is 1. The van der Waals surface area contributed by atoms with Crippen LogP contribution in [0.1, 0.15) is 12.0 Å². The first-order valence-electron chi connectivity index (χ1n) is 4.75. The second-order valence-electron chi connectivity index (χ2n) is 3.44. The van der Waals surface area contributed by atoms with Crippen LogP contribution in [0, 0.1) is 0 Å². The Morgan fingerprint density at radius 2 is 2.40 bits per heavy atom. The minimum Gasteiger partial charge on any atom is -0.549 e. The van der Waals surface area contributed by atoms with Crippen LogP contribution in [0.4, 0.5) is 0 Å². The third-order valence-corrected chi connectivity index (χ3v) is 3.83. The zero-order valence-electron chi connectivity index (χ0n) is 8.36. The monoisotopic (exact) mass is 223 g/mol. The number of carbonyl (C=O) groups excluding carboxylic acids is 1. The Balaban J connectivity index is 2.27. The van der Waals surface area contributed by atoms with E-state index in [4.69, 9.17) is 4.74 Å². The first kappa shape index (κ1) is 10.4. The van der Waals surface area contributed by atoms with Crippen molar-refractivity contribution in [3.05, 3.63) is 23.8 Å². The summed E-state index contributed by atoms with van der Waals surface area (Å²) in [4.78, 5) is 11.8. The van der Waals surface area contributed by atoms with Gasteiger partial charge in [0.25, 0.3) is 0 Å². The zero-order chi connectivity index (χ0) is 10.8. The summed E-state index contributed by atoms with van der Waals surface area (Å²) in [7, 11) is 1.60. The second-order valence-corrected chi connectivity index (χ2v) is 4.68. The summed E-state index contributed by atoms with van der Waals surface area (Å²) in [5.74, 6) is -0.214. The van der Waals surface area contributed by atoms with Gasteiger partial charge in [0, 0.05) is 10.1 Å². The number of rotatable bonds is 2. The number of carboxylic acids is 1. The average Bonchev–Trinajstić information content (AvgIpc) is 2.27. The number of aryl methyl sites for hydroxylation is 1. The topological polar surface area (TPSA) is 49.4 Å². The molecular weight excluding hydrogens is 212 g/mol. The van der Waals surface area contributed by atoms with Gasteiger partial charge in [0.2, 0.25) is 0 Å². The van der Waals surface area contributed by atoms with E-state index in [1.807, 2.05) is 18.2 Å². The number of carboxylic acid groups (broad SMARTS) is 1. The number of hydrogen-bond acceptors (Lipinski definition) is 4. The molecule has 1 heterocycles. The van der Waals surface area contributed by atoms with Crippen LogP contribution in [-0.4, -0.2) is 18.3 Å². The normalized spacial score (nSPS) is 19.4. The number of ether oxygens (including phenoxy) is 1. The maximum absolute atomic E-state index is 10.8. The van der Waals surface area contributed by atoms with Crippen LogP contribution < -0.4 is 9.84 Å². The Hall–Kier alpha value is -1.16. The van der Waals surface area contributed by atoms with E-state index >= 15 is 0 Å². The molecule has 4 heteroatoms. The second kappa shape index (κ2) is 4.14. The van der Waals surface area contributed by atoms with Crippen molar-refractivity contribution >= 4 is 17.7 Å². The lowest BCUT2D eigenvalue weighted by atomic mass is 10.1. The molecule has 0 radical (unpaired) electrons. The van der Waals surface area contributed by atoms with Gasteiger partial charge in [0.1, 0.15) is 5.75 Å². The smallest absolute Gasteiger partial charge is 0.119 e. The Morgan fingerprint density at radius 1 is 1.60 bits per heavy atom. The molecule has 0 saturated carbocycles. The predicted octanol–water partition coefficient (Wildman–Crippen LogP) is 0.852. The van der Waals surface area contributed by atoms with Crippen LogP contribution in [0.25, 0.3) is 0 Å². The van der Waals surface area contributed by atoms with E-state index in [1.54, 1.807) is 7.11 Å². The van der Waals surface area contributed by atoms with Crippen molar-refractivity contribution in [2.45, 2.75) is 23.0 Å². The van der Waals surface area contributed by atoms with E-state index in [-0.39, 0.29) is 0 Å². The fourth-order valence-electron chi connectivity index (χ4n) is 1.64. The van der Waals surface area contributed by atoms with Crippen molar-refractivity contribution in [2.24, 2.45) is 0 Å². The zero-order valence-corrected chi connectivity index (χ0v) is 9.17. The molecule has 0 fully saturated rings. The van der Waals surface area contributed by atoms with Gasteiger partial charge >= 0.3 is 0 Å². The van der Waals surface area contributed by atoms with E-state index in [1.165, 1.54) is 17.3 Å². The molecule has 0 saturated heterocycles. The molecule has 0 spiro atoms. The van der Waals surface area contributed by atoms with Crippen LogP contribution in [0.3, 0.4) is 0 Å². The Bertz CT molecular complexity index is 389. The number of aliphatic carboxylic acids is 1. The van der Waals surface area contributed by atoms with Crippen LogP contribution in [0.15, 0.2) is 23.1 Å². The summed E-state index contributed by atoms with van der Waals surface area (Å²) in [5.41, 5.74) is 1.19. The Morgan fingerprint density at radius 3 is 3.07 bits per heavy atom. The highest BCUT2D eigenvalue weighted by Crippen LogP contribution is 2.37. The number of thioether (sulfide) groups is 1. The molecule has 2 rings (SSSR count). The molecule has 0 amide bonds. The van der Waals surface area contributed by atoms with Crippen molar-refractivity contribution in [1.82, 2.24) is 0 Å². The van der Waals surface area contributed by atoms with E-state index in [0.29, 0.717) is 6.42 Å². The highest BCUT2D eigenvalue weighted by atomic mass is 32.2. The summed E-state index contributed by atoms with van der Waals surface area (Å²) in [6, 6.07) is 5.78. The molecule has 0 aliphatic carbocycles. The molecule has 0 aromatic heterocycles. The lowest BCUT2D eigenvalue weighted by molar-refractivity contribution is -0.304. The number of hydrogen-bond donors (Lipinski definition) is 0. The molecule has 1 atom stereocenters. The molecule has 0 unspecified atom stereocenters. The van der Waals surface area contributed by atoms with E-state index in [0.717, 1.165) is 17.1 Å². The third-order valence-electron chi connectivity index (χ3n) is 2.48. The Labute approximate surface area is 92.4 Å². The SMILES string of the molecule is COc1ccc2c(c1)S[C@H](C(=O)[O-])CC2. The van der Waals surface area contributed by atoms with E-state index in [2.05, 4.69) is 0 Å². The lowest BCUT2D eigenvalue weighted by Gasteiger charge is -2.24. The first-order chi connectivity index (χ1) is 7.20. The number of fused-ring (bicyclic) bond motifs is 1. The minimum atomic E-state index is -0.978. The van der Waals surface area contributed by atoms with Crippen molar-refractivity contribution in [3.8, 4) is 5.75 Å². The quantitative estimate of drug-likeness (QED) is 0.746. The van der Waals surface area contributed by atoms with Gasteiger partial charge in [0.15, 0.2) is 0 Å². The van der Waals surface area contributed by atoms with Gasteiger partial charge in [-0.05, 0) is 30.5 Å². The first-order valence-corrected chi connectivity index (χ1v) is 5.63. The van der Waals surface area contributed by atoms with Gasteiger partial charge in [-0.1, -0.05) is 6.07 Å². The van der Waals surface area contributed by atoms with Crippen LogP contribution in [0.5, 0.6) is 5.75 Å². The van der Waals surface area contributed by atoms with Gasteiger partial charge in [-0.15, -0.1) is 11.8 Å². The van der Waals surface area contributed by atoms with Gasteiger partial charge in [-0.2, -0.15) is 0 Å². The highest BCUT2D eigenvalue weighted by Gasteiger charge is 2.20. The van der Waals surface area contributed by atoms with Crippen molar-refractivity contribution in [3.63, 3.8) is 0 Å². The molecule has 1 aromatic rings. The fourth-order valence-corrected chi connectivity index (χ4v) is 2.79. The number of carbonyl (C=O) groups is 1. The van der Waals surface area contributed by atoms with Crippen LogP contribution in [0.2, 0.25) is 0 Å². The fraction of sp³-hybridized carbons (Fsp3) is 0.364. The molecule has 0 bridgehead atoms.